The molecule has 9 nitrogen and oxygen atoms in total. The van der Waals surface area contributed by atoms with Gasteiger partial charge in [0.15, 0.2) is 11.5 Å². The monoisotopic (exact) mass is 453 g/mol. The fourth-order valence-electron chi connectivity index (χ4n) is 4.32. The Kier molecular flexibility index (Phi) is 6.15. The number of fused-ring (bicyclic) bond motifs is 1. The van der Waals surface area contributed by atoms with Crippen molar-refractivity contribution in [1.82, 2.24) is 15.1 Å². The second-order valence-electron chi connectivity index (χ2n) is 7.82. The molecule has 174 valence electrons. The summed E-state index contributed by atoms with van der Waals surface area (Å²) in [6, 6.07) is 8.31. The van der Waals surface area contributed by atoms with Gasteiger partial charge in [0.05, 0.1) is 27.4 Å². The van der Waals surface area contributed by atoms with E-state index < -0.39 is 6.04 Å². The Morgan fingerprint density at radius 1 is 1.09 bits per heavy atom. The summed E-state index contributed by atoms with van der Waals surface area (Å²) in [6.45, 7) is 2.20. The van der Waals surface area contributed by atoms with Crippen LogP contribution in [0.15, 0.2) is 30.3 Å². The molecule has 1 aliphatic rings. The number of aromatic amines is 1. The van der Waals surface area contributed by atoms with Crippen LogP contribution in [-0.4, -0.2) is 65.7 Å². The van der Waals surface area contributed by atoms with Gasteiger partial charge in [-0.25, -0.2) is 0 Å². The minimum atomic E-state index is -0.540. The molecule has 0 spiro atoms. The number of rotatable bonds is 8. The van der Waals surface area contributed by atoms with Crippen molar-refractivity contribution < 1.29 is 29.2 Å². The number of phenolic OH excluding ortho intramolecular Hbond substituents is 1. The highest BCUT2D eigenvalue weighted by Crippen LogP contribution is 2.48. The van der Waals surface area contributed by atoms with Crippen molar-refractivity contribution >= 4 is 5.91 Å². The molecule has 1 atom stereocenters. The summed E-state index contributed by atoms with van der Waals surface area (Å²) in [6.07, 6.45) is 0.412. The third-order valence-corrected chi connectivity index (χ3v) is 5.83. The summed E-state index contributed by atoms with van der Waals surface area (Å²) in [5.74, 6) is 1.19. The molecule has 0 saturated heterocycles. The fourth-order valence-corrected chi connectivity index (χ4v) is 4.32. The molecule has 1 unspecified atom stereocenters. The zero-order chi connectivity index (χ0) is 23.7. The summed E-state index contributed by atoms with van der Waals surface area (Å²) in [4.78, 5) is 15.0. The van der Waals surface area contributed by atoms with Crippen molar-refractivity contribution in [2.75, 3.05) is 34.5 Å². The average molecular weight is 453 g/mol. The normalized spacial score (nSPS) is 15.0. The molecule has 0 radical (unpaired) electrons. The third kappa shape index (κ3) is 3.74. The van der Waals surface area contributed by atoms with Gasteiger partial charge in [-0.2, -0.15) is 5.10 Å². The molecular weight excluding hydrogens is 426 g/mol. The van der Waals surface area contributed by atoms with E-state index in [1.54, 1.807) is 29.2 Å². The number of methoxy groups -OCH3 is 3. The number of H-pyrrole nitrogens is 1. The lowest BCUT2D eigenvalue weighted by atomic mass is 9.94. The van der Waals surface area contributed by atoms with Crippen LogP contribution in [0.4, 0.5) is 0 Å². The smallest absolute Gasteiger partial charge is 0.273 e. The number of carbonyl (C=O) groups is 1. The molecule has 2 heterocycles. The lowest BCUT2D eigenvalue weighted by Gasteiger charge is -2.27. The van der Waals surface area contributed by atoms with Crippen LogP contribution in [0.25, 0.3) is 11.3 Å². The number of benzene rings is 2. The first-order chi connectivity index (χ1) is 15.9. The van der Waals surface area contributed by atoms with Crippen LogP contribution in [0.2, 0.25) is 0 Å². The number of nitrogens with zero attached hydrogens (tertiary/aromatic N) is 2. The number of carbonyl (C=O) groups excluding carboxylic acids is 1. The van der Waals surface area contributed by atoms with E-state index in [-0.39, 0.29) is 18.3 Å². The van der Waals surface area contributed by atoms with E-state index in [1.807, 2.05) is 13.0 Å². The topological polar surface area (TPSA) is 117 Å². The van der Waals surface area contributed by atoms with E-state index in [4.69, 9.17) is 14.2 Å². The summed E-state index contributed by atoms with van der Waals surface area (Å²) in [7, 11) is 4.59. The summed E-state index contributed by atoms with van der Waals surface area (Å²) < 4.78 is 16.5. The second kappa shape index (κ2) is 9.03. The molecule has 33 heavy (non-hydrogen) atoms. The Balaban J connectivity index is 1.95. The van der Waals surface area contributed by atoms with Crippen LogP contribution in [0.5, 0.6) is 23.0 Å². The van der Waals surface area contributed by atoms with Gasteiger partial charge in [-0.15, -0.1) is 0 Å². The minimum Gasteiger partial charge on any atom is -0.507 e. The molecule has 0 bridgehead atoms. The van der Waals surface area contributed by atoms with E-state index in [2.05, 4.69) is 10.2 Å². The van der Waals surface area contributed by atoms with Gasteiger partial charge >= 0.3 is 0 Å². The predicted molar refractivity (Wildman–Crippen MR) is 121 cm³/mol. The number of aliphatic hydroxyl groups is 1. The van der Waals surface area contributed by atoms with Gasteiger partial charge in [0.1, 0.15) is 17.1 Å². The number of amides is 1. The molecule has 4 rings (SSSR count). The van der Waals surface area contributed by atoms with Crippen molar-refractivity contribution in [3.05, 3.63) is 52.7 Å². The molecule has 0 aliphatic carbocycles. The number of hydrogen-bond donors (Lipinski definition) is 3. The van der Waals surface area contributed by atoms with Gasteiger partial charge in [0.25, 0.3) is 5.91 Å². The Morgan fingerprint density at radius 3 is 2.39 bits per heavy atom. The predicted octanol–water partition coefficient (Wildman–Crippen LogP) is 3.04. The first-order valence-corrected chi connectivity index (χ1v) is 10.5. The molecule has 9 heteroatoms. The average Bonchev–Trinajstić information content (AvgIpc) is 3.36. The maximum Gasteiger partial charge on any atom is 0.273 e. The highest BCUT2D eigenvalue weighted by molar-refractivity contribution is 6.00. The summed E-state index contributed by atoms with van der Waals surface area (Å²) in [5, 5.41) is 27.2. The van der Waals surface area contributed by atoms with Crippen LogP contribution >= 0.6 is 0 Å². The highest BCUT2D eigenvalue weighted by atomic mass is 16.5. The van der Waals surface area contributed by atoms with Gasteiger partial charge in [-0.05, 0) is 43.2 Å². The van der Waals surface area contributed by atoms with Crippen LogP contribution < -0.4 is 14.2 Å². The molecule has 3 aromatic rings. The molecule has 2 aromatic carbocycles. The molecular formula is C24H27N3O6. The Labute approximate surface area is 191 Å². The summed E-state index contributed by atoms with van der Waals surface area (Å²) in [5.41, 5.74) is 3.69. The van der Waals surface area contributed by atoms with Gasteiger partial charge in [-0.1, -0.05) is 11.6 Å². The second-order valence-corrected chi connectivity index (χ2v) is 7.82. The first-order valence-electron chi connectivity index (χ1n) is 10.5. The van der Waals surface area contributed by atoms with Crippen LogP contribution in [-0.2, 0) is 0 Å². The molecule has 0 fully saturated rings. The SMILES string of the molecule is COc1cc(C2c3c(-c4cc(C)ccc4O)n[nH]c3C(=O)N2CCCO)cc(OC)c1OC. The van der Waals surface area contributed by atoms with E-state index in [9.17, 15) is 15.0 Å². The zero-order valence-corrected chi connectivity index (χ0v) is 19.0. The van der Waals surface area contributed by atoms with Crippen molar-refractivity contribution in [2.45, 2.75) is 19.4 Å². The maximum atomic E-state index is 13.3. The standard InChI is InChI=1S/C24H27N3O6/c1-13-6-7-16(29)15(10-13)20-19-21(26-25-20)24(30)27(8-5-9-28)22(19)14-11-17(31-2)23(33-4)18(12-14)32-3/h6-7,10-12,22,28-29H,5,8-9H2,1-4H3,(H,25,26). The zero-order valence-electron chi connectivity index (χ0n) is 19.0. The van der Waals surface area contributed by atoms with E-state index in [0.717, 1.165) is 11.1 Å². The molecule has 0 saturated carbocycles. The first kappa shape index (κ1) is 22.5. The maximum absolute atomic E-state index is 13.3. The number of aromatic hydroxyl groups is 1. The Bertz CT molecular complexity index is 1160. The quantitative estimate of drug-likeness (QED) is 0.480. The largest absolute Gasteiger partial charge is 0.507 e. The molecule has 1 amide bonds. The van der Waals surface area contributed by atoms with Crippen molar-refractivity contribution in [2.24, 2.45) is 0 Å². The minimum absolute atomic E-state index is 0.0521. The van der Waals surface area contributed by atoms with Gasteiger partial charge in [-0.3, -0.25) is 9.89 Å². The highest BCUT2D eigenvalue weighted by Gasteiger charge is 2.43. The fraction of sp³-hybridized carbons (Fsp3) is 0.333. The van der Waals surface area contributed by atoms with Crippen LogP contribution in [0.3, 0.4) is 0 Å². The number of ether oxygens (including phenoxy) is 3. The Morgan fingerprint density at radius 2 is 1.79 bits per heavy atom. The lowest BCUT2D eigenvalue weighted by Crippen LogP contribution is -2.31. The van der Waals surface area contributed by atoms with Crippen LogP contribution in [0, 0.1) is 6.92 Å². The van der Waals surface area contributed by atoms with Crippen molar-refractivity contribution in [3.63, 3.8) is 0 Å². The van der Waals surface area contributed by atoms with Gasteiger partial charge in [0.2, 0.25) is 5.75 Å². The molecule has 3 N–H and O–H groups in total. The van der Waals surface area contributed by atoms with E-state index in [0.29, 0.717) is 52.7 Å². The third-order valence-electron chi connectivity index (χ3n) is 5.83. The number of aryl methyl sites for hydroxylation is 1. The number of hydrogen-bond acceptors (Lipinski definition) is 7. The number of nitrogens with one attached hydrogen (secondary N) is 1. The van der Waals surface area contributed by atoms with Crippen molar-refractivity contribution in [1.29, 1.82) is 0 Å². The van der Waals surface area contributed by atoms with Crippen LogP contribution in [0.1, 0.15) is 39.6 Å². The van der Waals surface area contributed by atoms with Crippen molar-refractivity contribution in [3.8, 4) is 34.3 Å². The van der Waals surface area contributed by atoms with Gasteiger partial charge < -0.3 is 29.3 Å². The summed E-state index contributed by atoms with van der Waals surface area (Å²) >= 11 is 0. The number of phenols is 1. The van der Waals surface area contributed by atoms with Gasteiger partial charge in [0, 0.05) is 24.3 Å². The molecule has 1 aromatic heterocycles. The Hall–Kier alpha value is -3.72. The lowest BCUT2D eigenvalue weighted by molar-refractivity contribution is 0.0731. The van der Waals surface area contributed by atoms with E-state index >= 15 is 0 Å². The number of aromatic nitrogens is 2. The number of aliphatic hydroxyl groups excluding tert-OH is 1. The molecule has 1 aliphatic heterocycles. The van der Waals surface area contributed by atoms with E-state index in [1.165, 1.54) is 21.3 Å².